The molecular formula is C30H30ClNO3. The van der Waals surface area contributed by atoms with Gasteiger partial charge in [-0.3, -0.25) is 4.79 Å². The van der Waals surface area contributed by atoms with Crippen LogP contribution in [-0.4, -0.2) is 5.91 Å². The van der Waals surface area contributed by atoms with Crippen molar-refractivity contribution in [3.63, 3.8) is 0 Å². The Morgan fingerprint density at radius 1 is 0.971 bits per heavy atom. The van der Waals surface area contributed by atoms with E-state index in [1.807, 2.05) is 48.5 Å². The lowest BCUT2D eigenvalue weighted by molar-refractivity contribution is 0.0921. The highest BCUT2D eigenvalue weighted by Crippen LogP contribution is 2.30. The van der Waals surface area contributed by atoms with Crippen LogP contribution in [0.2, 0.25) is 5.02 Å². The maximum absolute atomic E-state index is 12.8. The predicted octanol–water partition coefficient (Wildman–Crippen LogP) is 7.85. The Labute approximate surface area is 211 Å². The minimum Gasteiger partial charge on any atom is -0.457 e. The first-order valence-electron chi connectivity index (χ1n) is 11.7. The maximum Gasteiger partial charge on any atom is 0.287 e. The first kappa shape index (κ1) is 24.6. The number of ether oxygens (including phenoxy) is 1. The second kappa shape index (κ2) is 10.4. The lowest BCUT2D eigenvalue weighted by atomic mass is 9.85. The zero-order chi connectivity index (χ0) is 25.0. The van der Waals surface area contributed by atoms with E-state index in [2.05, 4.69) is 51.2 Å². The molecule has 0 unspecified atom stereocenters. The second-order valence-corrected chi connectivity index (χ2v) is 10.1. The minimum absolute atomic E-state index is 0.0679. The van der Waals surface area contributed by atoms with Gasteiger partial charge >= 0.3 is 0 Å². The topological polar surface area (TPSA) is 51.5 Å². The molecule has 1 heterocycles. The Morgan fingerprint density at radius 2 is 1.74 bits per heavy atom. The van der Waals surface area contributed by atoms with E-state index in [1.165, 1.54) is 16.7 Å². The summed E-state index contributed by atoms with van der Waals surface area (Å²) in [5.74, 6) is 2.00. The molecule has 4 rings (SSSR count). The number of aryl methyl sites for hydroxylation is 1. The number of furan rings is 1. The molecule has 3 aromatic carbocycles. The number of halogens is 1. The van der Waals surface area contributed by atoms with Gasteiger partial charge in [0.2, 0.25) is 0 Å². The third kappa shape index (κ3) is 6.14. The summed E-state index contributed by atoms with van der Waals surface area (Å²) >= 11 is 6.42. The van der Waals surface area contributed by atoms with Gasteiger partial charge in [-0.25, -0.2) is 0 Å². The van der Waals surface area contributed by atoms with Crippen LogP contribution in [0.4, 0.5) is 0 Å². The Hall–Kier alpha value is -3.50. The van der Waals surface area contributed by atoms with Crippen LogP contribution in [0.25, 0.3) is 0 Å². The van der Waals surface area contributed by atoms with Crippen molar-refractivity contribution in [3.8, 4) is 11.5 Å². The van der Waals surface area contributed by atoms with Crippen LogP contribution in [0.1, 0.15) is 59.3 Å². The normalized spacial score (nSPS) is 11.3. The molecule has 0 fully saturated rings. The molecule has 0 bridgehead atoms. The summed E-state index contributed by atoms with van der Waals surface area (Å²) in [4.78, 5) is 12.8. The molecule has 180 valence electrons. The zero-order valence-corrected chi connectivity index (χ0v) is 21.3. The number of hydrogen-bond donors (Lipinski definition) is 1. The number of para-hydroxylation sites is 1. The number of carbonyl (C=O) groups excluding carboxylic acids is 1. The summed E-state index contributed by atoms with van der Waals surface area (Å²) in [5.41, 5.74) is 4.43. The van der Waals surface area contributed by atoms with Crippen LogP contribution in [0, 0.1) is 6.92 Å². The Kier molecular flexibility index (Phi) is 7.32. The quantitative estimate of drug-likeness (QED) is 0.288. The molecule has 4 nitrogen and oxygen atoms in total. The van der Waals surface area contributed by atoms with Gasteiger partial charge in [-0.05, 0) is 65.4 Å². The molecular weight excluding hydrogens is 458 g/mol. The molecule has 0 saturated heterocycles. The number of amides is 1. The summed E-state index contributed by atoms with van der Waals surface area (Å²) in [5, 5.41) is 3.42. The van der Waals surface area contributed by atoms with E-state index in [-0.39, 0.29) is 23.6 Å². The monoisotopic (exact) mass is 487 g/mol. The van der Waals surface area contributed by atoms with Crippen LogP contribution >= 0.6 is 11.6 Å². The Bertz CT molecular complexity index is 1320. The van der Waals surface area contributed by atoms with E-state index in [4.69, 9.17) is 20.8 Å². The van der Waals surface area contributed by atoms with Gasteiger partial charge in [0.25, 0.3) is 5.91 Å². The average molecular weight is 488 g/mol. The second-order valence-electron chi connectivity index (χ2n) is 9.65. The number of carbonyl (C=O) groups is 1. The molecule has 0 atom stereocenters. The Morgan fingerprint density at radius 3 is 2.49 bits per heavy atom. The summed E-state index contributed by atoms with van der Waals surface area (Å²) in [6, 6.07) is 25.0. The SMILES string of the molecule is Cc1ccc(C(C)(C)C)cc1Cc1ccc(C(=O)NCc2c(Cl)cccc2Oc2ccccc2)o1. The molecule has 1 N–H and O–H groups in total. The summed E-state index contributed by atoms with van der Waals surface area (Å²) < 4.78 is 11.9. The van der Waals surface area contributed by atoms with E-state index < -0.39 is 0 Å². The largest absolute Gasteiger partial charge is 0.457 e. The van der Waals surface area contributed by atoms with E-state index in [0.29, 0.717) is 28.5 Å². The van der Waals surface area contributed by atoms with Crippen LogP contribution in [0.5, 0.6) is 11.5 Å². The lowest BCUT2D eigenvalue weighted by Gasteiger charge is -2.20. The molecule has 0 spiro atoms. The third-order valence-corrected chi connectivity index (χ3v) is 6.29. The van der Waals surface area contributed by atoms with Crippen molar-refractivity contribution >= 4 is 17.5 Å². The number of benzene rings is 3. The summed E-state index contributed by atoms with van der Waals surface area (Å²) in [6.07, 6.45) is 0.628. The van der Waals surface area contributed by atoms with Gasteiger partial charge in [-0.1, -0.05) is 74.8 Å². The third-order valence-electron chi connectivity index (χ3n) is 5.94. The van der Waals surface area contributed by atoms with Gasteiger partial charge in [-0.2, -0.15) is 0 Å². The van der Waals surface area contributed by atoms with Crippen LogP contribution in [0.15, 0.2) is 83.3 Å². The standard InChI is InChI=1S/C30H30ClNO3/c1-20-13-14-22(30(2,3)4)17-21(20)18-24-15-16-28(35-24)29(33)32-19-25-26(31)11-8-12-27(25)34-23-9-6-5-7-10-23/h5-17H,18-19H2,1-4H3,(H,32,33). The summed E-state index contributed by atoms with van der Waals surface area (Å²) in [6.45, 7) is 8.91. The van der Waals surface area contributed by atoms with Crippen molar-refractivity contribution in [1.82, 2.24) is 5.32 Å². The molecule has 1 aromatic heterocycles. The Balaban J connectivity index is 1.45. The number of rotatable bonds is 7. The van der Waals surface area contributed by atoms with Gasteiger partial charge in [0.1, 0.15) is 17.3 Å². The fourth-order valence-electron chi connectivity index (χ4n) is 3.79. The maximum atomic E-state index is 12.8. The van der Waals surface area contributed by atoms with Crippen molar-refractivity contribution in [1.29, 1.82) is 0 Å². The zero-order valence-electron chi connectivity index (χ0n) is 20.5. The van der Waals surface area contributed by atoms with Crippen molar-refractivity contribution in [2.24, 2.45) is 0 Å². The van der Waals surface area contributed by atoms with E-state index in [9.17, 15) is 4.79 Å². The number of nitrogens with one attached hydrogen (secondary N) is 1. The van der Waals surface area contributed by atoms with Crippen LogP contribution < -0.4 is 10.1 Å². The van der Waals surface area contributed by atoms with Gasteiger partial charge in [0.05, 0.1) is 0 Å². The van der Waals surface area contributed by atoms with Crippen molar-refractivity contribution < 1.29 is 13.9 Å². The molecule has 0 radical (unpaired) electrons. The van der Waals surface area contributed by atoms with Gasteiger partial charge in [0.15, 0.2) is 5.76 Å². The van der Waals surface area contributed by atoms with Crippen molar-refractivity contribution in [2.45, 2.75) is 46.1 Å². The molecule has 0 saturated carbocycles. The molecule has 35 heavy (non-hydrogen) atoms. The average Bonchev–Trinajstić information content (AvgIpc) is 3.29. The molecule has 0 aliphatic rings. The number of hydrogen-bond acceptors (Lipinski definition) is 3. The van der Waals surface area contributed by atoms with Crippen LogP contribution in [0.3, 0.4) is 0 Å². The highest BCUT2D eigenvalue weighted by molar-refractivity contribution is 6.31. The van der Waals surface area contributed by atoms with Gasteiger partial charge < -0.3 is 14.5 Å². The minimum atomic E-state index is -0.304. The first-order chi connectivity index (χ1) is 16.7. The first-order valence-corrected chi connectivity index (χ1v) is 12.1. The molecule has 0 aliphatic carbocycles. The smallest absolute Gasteiger partial charge is 0.287 e. The molecule has 4 aromatic rings. The van der Waals surface area contributed by atoms with Crippen molar-refractivity contribution in [3.05, 3.63) is 118 Å². The van der Waals surface area contributed by atoms with E-state index >= 15 is 0 Å². The fraction of sp³-hybridized carbons (Fsp3) is 0.233. The van der Waals surface area contributed by atoms with Gasteiger partial charge in [-0.15, -0.1) is 0 Å². The summed E-state index contributed by atoms with van der Waals surface area (Å²) in [7, 11) is 0. The predicted molar refractivity (Wildman–Crippen MR) is 141 cm³/mol. The highest BCUT2D eigenvalue weighted by atomic mass is 35.5. The van der Waals surface area contributed by atoms with Crippen molar-refractivity contribution in [2.75, 3.05) is 0 Å². The molecule has 0 aliphatic heterocycles. The highest BCUT2D eigenvalue weighted by Gasteiger charge is 2.17. The molecule has 1 amide bonds. The van der Waals surface area contributed by atoms with Crippen LogP contribution in [-0.2, 0) is 18.4 Å². The van der Waals surface area contributed by atoms with E-state index in [0.717, 1.165) is 5.76 Å². The van der Waals surface area contributed by atoms with E-state index in [1.54, 1.807) is 12.1 Å². The molecule has 5 heteroatoms. The fourth-order valence-corrected chi connectivity index (χ4v) is 4.02. The lowest BCUT2D eigenvalue weighted by Crippen LogP contribution is -2.22. The van der Waals surface area contributed by atoms with Gasteiger partial charge in [0, 0.05) is 23.6 Å².